The molecule has 33 heavy (non-hydrogen) atoms. The van der Waals surface area contributed by atoms with Crippen LogP contribution in [-0.2, 0) is 25.5 Å². The summed E-state index contributed by atoms with van der Waals surface area (Å²) in [5.74, 6) is -0.378. The highest BCUT2D eigenvalue weighted by Gasteiger charge is 2.47. The van der Waals surface area contributed by atoms with E-state index in [9.17, 15) is 19.5 Å². The predicted octanol–water partition coefficient (Wildman–Crippen LogP) is 2.55. The number of hydrogen-bond donors (Lipinski definition) is 4. The van der Waals surface area contributed by atoms with Crippen LogP contribution in [0.3, 0.4) is 0 Å². The Balaban J connectivity index is 1.34. The van der Waals surface area contributed by atoms with Crippen LogP contribution in [0.2, 0.25) is 0 Å². The van der Waals surface area contributed by atoms with Gasteiger partial charge >= 0.3 is 5.97 Å². The highest BCUT2D eigenvalue weighted by Crippen LogP contribution is 2.44. The van der Waals surface area contributed by atoms with Crippen molar-refractivity contribution in [1.29, 1.82) is 0 Å². The lowest BCUT2D eigenvalue weighted by Gasteiger charge is -2.27. The number of rotatable bonds is 13. The van der Waals surface area contributed by atoms with Crippen molar-refractivity contribution in [1.82, 2.24) is 10.6 Å². The Morgan fingerprint density at radius 3 is 2.42 bits per heavy atom. The van der Waals surface area contributed by atoms with Crippen LogP contribution < -0.4 is 10.6 Å². The highest BCUT2D eigenvalue weighted by molar-refractivity contribution is 5.84. The molecule has 3 rings (SSSR count). The zero-order valence-corrected chi connectivity index (χ0v) is 18.9. The maximum atomic E-state index is 12.3. The molecule has 0 aliphatic carbocycles. The zero-order chi connectivity index (χ0) is 23.6. The molecule has 2 saturated heterocycles. The van der Waals surface area contributed by atoms with Gasteiger partial charge in [0.05, 0.1) is 18.8 Å². The molecule has 0 aromatic heterocycles. The molecule has 180 valence electrons. The van der Waals surface area contributed by atoms with Gasteiger partial charge in [0.2, 0.25) is 11.8 Å². The van der Waals surface area contributed by atoms with Gasteiger partial charge in [-0.15, -0.1) is 0 Å². The molecular formula is C25H34N2O6. The van der Waals surface area contributed by atoms with Crippen LogP contribution in [0.15, 0.2) is 36.4 Å². The molecule has 2 amide bonds. The first-order valence-electron chi connectivity index (χ1n) is 11.8. The first-order valence-corrected chi connectivity index (χ1v) is 11.8. The number of hydrogen-bond acceptors (Lipinski definition) is 5. The second-order valence-corrected chi connectivity index (χ2v) is 8.86. The lowest BCUT2D eigenvalue weighted by atomic mass is 9.77. The van der Waals surface area contributed by atoms with Gasteiger partial charge in [0.15, 0.2) is 0 Å². The summed E-state index contributed by atoms with van der Waals surface area (Å²) in [6.07, 6.45) is 9.86. The zero-order valence-electron chi connectivity index (χ0n) is 18.9. The maximum absolute atomic E-state index is 12.3. The third-order valence-electron chi connectivity index (χ3n) is 6.48. The molecule has 2 aliphatic heterocycles. The number of unbranched alkanes of at least 4 members (excludes halogenated alkanes) is 1. The van der Waals surface area contributed by atoms with Crippen LogP contribution in [0.25, 0.3) is 0 Å². The van der Waals surface area contributed by atoms with Crippen molar-refractivity contribution < 1.29 is 29.3 Å². The van der Waals surface area contributed by atoms with Crippen LogP contribution in [0, 0.1) is 11.8 Å². The molecule has 0 unspecified atom stereocenters. The Morgan fingerprint density at radius 2 is 1.70 bits per heavy atom. The second-order valence-electron chi connectivity index (χ2n) is 8.86. The summed E-state index contributed by atoms with van der Waals surface area (Å²) in [4.78, 5) is 34.9. The Kier molecular flexibility index (Phi) is 9.30. The number of aryl methyl sites for hydroxylation is 1. The molecular weight excluding hydrogens is 424 g/mol. The summed E-state index contributed by atoms with van der Waals surface area (Å²) in [7, 11) is 0. The fourth-order valence-corrected chi connectivity index (χ4v) is 4.70. The standard InChI is InChI=1S/C25H34N2O6/c28-18-10-7-17(8-11-18)9-14-23(29)27-16-24(30)26-15-20-19(21-12-13-22(20)33-21)5-3-1-2-4-6-25(31)32/h1,3,7-8,10-11,19-22,28H,2,4-6,9,12-16H2,(H,26,30)(H,27,29)(H,31,32)/b3-1-/t19-,20-,21-,22-/m1/s1. The number of aliphatic carboxylic acids is 1. The normalized spacial score (nSPS) is 23.6. The highest BCUT2D eigenvalue weighted by atomic mass is 16.5. The largest absolute Gasteiger partial charge is 0.508 e. The molecule has 0 saturated carbocycles. The topological polar surface area (TPSA) is 125 Å². The molecule has 8 nitrogen and oxygen atoms in total. The Labute approximate surface area is 194 Å². The molecule has 2 aliphatic rings. The first kappa shape index (κ1) is 24.8. The Hall–Kier alpha value is -2.87. The Bertz CT molecular complexity index is 838. The van der Waals surface area contributed by atoms with Crippen LogP contribution in [0.5, 0.6) is 5.75 Å². The average Bonchev–Trinajstić information content (AvgIpc) is 3.40. The van der Waals surface area contributed by atoms with Crippen LogP contribution in [0.4, 0.5) is 0 Å². The second kappa shape index (κ2) is 12.4. The van der Waals surface area contributed by atoms with E-state index < -0.39 is 5.97 Å². The molecule has 2 fully saturated rings. The van der Waals surface area contributed by atoms with Gasteiger partial charge in [-0.25, -0.2) is 0 Å². The summed E-state index contributed by atoms with van der Waals surface area (Å²) >= 11 is 0. The summed E-state index contributed by atoms with van der Waals surface area (Å²) < 4.78 is 6.07. The average molecular weight is 459 g/mol. The van der Waals surface area contributed by atoms with Crippen LogP contribution in [-0.4, -0.2) is 53.3 Å². The van der Waals surface area contributed by atoms with Crippen molar-refractivity contribution in [3.05, 3.63) is 42.0 Å². The molecule has 0 radical (unpaired) electrons. The van der Waals surface area contributed by atoms with E-state index in [1.165, 1.54) is 0 Å². The van der Waals surface area contributed by atoms with Crippen molar-refractivity contribution in [2.75, 3.05) is 13.1 Å². The maximum Gasteiger partial charge on any atom is 0.303 e. The molecule has 4 N–H and O–H groups in total. The number of carboxylic acids is 1. The lowest BCUT2D eigenvalue weighted by Crippen LogP contribution is -2.42. The number of phenolic OH excluding ortho intramolecular Hbond substituents is 1. The van der Waals surface area contributed by atoms with Crippen molar-refractivity contribution in [3.8, 4) is 5.75 Å². The molecule has 8 heteroatoms. The summed E-state index contributed by atoms with van der Waals surface area (Å²) in [6, 6.07) is 6.72. The van der Waals surface area contributed by atoms with Crippen molar-refractivity contribution >= 4 is 17.8 Å². The number of phenols is 1. The van der Waals surface area contributed by atoms with Gasteiger partial charge in [-0.1, -0.05) is 24.3 Å². The third kappa shape index (κ3) is 7.89. The van der Waals surface area contributed by atoms with Crippen LogP contribution in [0.1, 0.15) is 50.5 Å². The van der Waals surface area contributed by atoms with E-state index in [1.54, 1.807) is 24.3 Å². The van der Waals surface area contributed by atoms with E-state index in [2.05, 4.69) is 16.7 Å². The SMILES string of the molecule is O=C(O)CCC/C=C\C[C@@H]1[C@@H](CNC(=O)CNC(=O)CCc2ccc(O)cc2)[C@H]2CC[C@H]1O2. The predicted molar refractivity (Wildman–Crippen MR) is 123 cm³/mol. The van der Waals surface area contributed by atoms with E-state index >= 15 is 0 Å². The first-order chi connectivity index (χ1) is 15.9. The van der Waals surface area contributed by atoms with Gasteiger partial charge in [-0.2, -0.15) is 0 Å². The third-order valence-corrected chi connectivity index (χ3v) is 6.48. The van der Waals surface area contributed by atoms with E-state index in [0.717, 1.165) is 31.2 Å². The molecule has 1 aromatic carbocycles. The number of fused-ring (bicyclic) bond motifs is 2. The van der Waals surface area contributed by atoms with E-state index in [4.69, 9.17) is 9.84 Å². The smallest absolute Gasteiger partial charge is 0.303 e. The number of nitrogens with one attached hydrogen (secondary N) is 2. The molecule has 2 heterocycles. The minimum atomic E-state index is -0.769. The molecule has 2 bridgehead atoms. The number of amides is 2. The van der Waals surface area contributed by atoms with Crippen molar-refractivity contribution in [2.45, 2.75) is 63.6 Å². The number of carbonyl (C=O) groups excluding carboxylic acids is 2. The summed E-state index contributed by atoms with van der Waals surface area (Å²) in [5.41, 5.74) is 0.950. The minimum absolute atomic E-state index is 0.0514. The number of benzene rings is 1. The van der Waals surface area contributed by atoms with Crippen LogP contribution >= 0.6 is 0 Å². The minimum Gasteiger partial charge on any atom is -0.508 e. The molecule has 4 atom stereocenters. The lowest BCUT2D eigenvalue weighted by molar-refractivity contribution is -0.137. The quantitative estimate of drug-likeness (QED) is 0.266. The van der Waals surface area contributed by atoms with E-state index in [-0.39, 0.29) is 55.1 Å². The van der Waals surface area contributed by atoms with Gasteiger partial charge < -0.3 is 25.6 Å². The van der Waals surface area contributed by atoms with Gasteiger partial charge in [-0.05, 0) is 62.1 Å². The number of carboxylic acid groups (broad SMARTS) is 1. The van der Waals surface area contributed by atoms with Crippen molar-refractivity contribution in [3.63, 3.8) is 0 Å². The van der Waals surface area contributed by atoms with Gasteiger partial charge in [0.25, 0.3) is 0 Å². The number of aromatic hydroxyl groups is 1. The van der Waals surface area contributed by atoms with Crippen molar-refractivity contribution in [2.24, 2.45) is 11.8 Å². The molecule has 0 spiro atoms. The van der Waals surface area contributed by atoms with E-state index in [1.807, 2.05) is 6.08 Å². The number of ether oxygens (including phenoxy) is 1. The molecule has 1 aromatic rings. The monoisotopic (exact) mass is 458 g/mol. The fraction of sp³-hybridized carbons (Fsp3) is 0.560. The van der Waals surface area contributed by atoms with Gasteiger partial charge in [0.1, 0.15) is 5.75 Å². The van der Waals surface area contributed by atoms with Gasteiger partial charge in [0, 0.05) is 25.3 Å². The van der Waals surface area contributed by atoms with Gasteiger partial charge in [-0.3, -0.25) is 14.4 Å². The summed E-state index contributed by atoms with van der Waals surface area (Å²) in [5, 5.41) is 23.6. The van der Waals surface area contributed by atoms with E-state index in [0.29, 0.717) is 25.3 Å². The fourth-order valence-electron chi connectivity index (χ4n) is 4.70. The summed E-state index contributed by atoms with van der Waals surface area (Å²) in [6.45, 7) is 0.477. The Morgan fingerprint density at radius 1 is 0.970 bits per heavy atom. The number of carbonyl (C=O) groups is 3. The number of allylic oxidation sites excluding steroid dienone is 2.